The molecule has 2 rings (SSSR count). The summed E-state index contributed by atoms with van der Waals surface area (Å²) in [7, 11) is 0. The molecule has 1 radical (unpaired) electrons. The van der Waals surface area contributed by atoms with Crippen molar-refractivity contribution in [3.8, 4) is 5.75 Å². The van der Waals surface area contributed by atoms with Crippen molar-refractivity contribution in [1.29, 1.82) is 0 Å². The Morgan fingerprint density at radius 1 is 1.50 bits per heavy atom. The lowest BCUT2D eigenvalue weighted by Gasteiger charge is -2.33. The number of carbonyl (C=O) groups is 1. The Kier molecular flexibility index (Phi) is 5.01. The maximum atomic E-state index is 11.5. The van der Waals surface area contributed by atoms with Crippen molar-refractivity contribution >= 4 is 5.91 Å². The van der Waals surface area contributed by atoms with Gasteiger partial charge in [-0.1, -0.05) is 12.1 Å². The van der Waals surface area contributed by atoms with Crippen LogP contribution in [0.15, 0.2) is 18.2 Å². The molecule has 1 amide bonds. The van der Waals surface area contributed by atoms with E-state index in [4.69, 9.17) is 10.5 Å². The lowest BCUT2D eigenvalue weighted by atomic mass is 10.0. The van der Waals surface area contributed by atoms with E-state index in [-0.39, 0.29) is 11.9 Å². The third-order valence-corrected chi connectivity index (χ3v) is 3.72. The van der Waals surface area contributed by atoms with Crippen LogP contribution in [-0.4, -0.2) is 30.0 Å². The van der Waals surface area contributed by atoms with Crippen molar-refractivity contribution in [2.24, 2.45) is 5.73 Å². The highest BCUT2D eigenvalue weighted by Crippen LogP contribution is 2.23. The van der Waals surface area contributed by atoms with Gasteiger partial charge in [-0.25, -0.2) is 0 Å². The minimum absolute atomic E-state index is 0.180. The Morgan fingerprint density at radius 3 is 3.00 bits per heavy atom. The van der Waals surface area contributed by atoms with Gasteiger partial charge in [0.05, 0.1) is 12.6 Å². The smallest absolute Gasteiger partial charge is 0.234 e. The molecule has 1 atom stereocenters. The maximum absolute atomic E-state index is 11.5. The summed E-state index contributed by atoms with van der Waals surface area (Å²) in [5, 5.41) is 0. The molecule has 0 spiro atoms. The summed E-state index contributed by atoms with van der Waals surface area (Å²) in [5.41, 5.74) is 7.78. The Balaban J connectivity index is 2.11. The number of aryl methyl sites for hydroxylation is 1. The van der Waals surface area contributed by atoms with Gasteiger partial charge in [-0.2, -0.15) is 0 Å². The standard InChI is InChI=1S/C16H23N2O2/c1-3-20-15-10-13(8-7-12(15)2)11-18-9-5-4-6-14(18)16(17)19/h4,7-8,10,14H,3,5-6,9,11H2,1-2H3,(H2,17,19). The zero-order chi connectivity index (χ0) is 14.5. The predicted molar refractivity (Wildman–Crippen MR) is 79.3 cm³/mol. The van der Waals surface area contributed by atoms with E-state index in [2.05, 4.69) is 29.5 Å². The van der Waals surface area contributed by atoms with Gasteiger partial charge in [0.2, 0.25) is 5.91 Å². The average molecular weight is 275 g/mol. The Morgan fingerprint density at radius 2 is 2.30 bits per heavy atom. The fourth-order valence-electron chi connectivity index (χ4n) is 2.61. The Bertz CT molecular complexity index is 474. The van der Waals surface area contributed by atoms with Gasteiger partial charge < -0.3 is 10.5 Å². The third-order valence-electron chi connectivity index (χ3n) is 3.72. The van der Waals surface area contributed by atoms with Crippen LogP contribution < -0.4 is 10.5 Å². The molecule has 1 saturated heterocycles. The zero-order valence-electron chi connectivity index (χ0n) is 12.3. The Hall–Kier alpha value is -1.55. The number of piperidine rings is 1. The summed E-state index contributed by atoms with van der Waals surface area (Å²) in [6, 6.07) is 6.04. The molecule has 4 nitrogen and oxygen atoms in total. The van der Waals surface area contributed by atoms with Crippen molar-refractivity contribution in [3.05, 3.63) is 35.7 Å². The SMILES string of the molecule is CCOc1cc(CN2CC[CH]CC2C(N)=O)ccc1C. The van der Waals surface area contributed by atoms with E-state index in [1.54, 1.807) is 0 Å². The molecule has 1 unspecified atom stereocenters. The van der Waals surface area contributed by atoms with Gasteiger partial charge in [0.15, 0.2) is 0 Å². The van der Waals surface area contributed by atoms with Crippen molar-refractivity contribution in [3.63, 3.8) is 0 Å². The molecule has 1 heterocycles. The molecule has 0 saturated carbocycles. The summed E-state index contributed by atoms with van der Waals surface area (Å²) < 4.78 is 5.62. The van der Waals surface area contributed by atoms with E-state index < -0.39 is 0 Å². The topological polar surface area (TPSA) is 55.6 Å². The lowest BCUT2D eigenvalue weighted by Crippen LogP contribution is -2.47. The van der Waals surface area contributed by atoms with Gasteiger partial charge in [0.1, 0.15) is 5.75 Å². The van der Waals surface area contributed by atoms with Crippen LogP contribution in [0.5, 0.6) is 5.75 Å². The zero-order valence-corrected chi connectivity index (χ0v) is 12.3. The lowest BCUT2D eigenvalue weighted by molar-refractivity contribution is -0.124. The maximum Gasteiger partial charge on any atom is 0.234 e. The van der Waals surface area contributed by atoms with Crippen molar-refractivity contribution < 1.29 is 9.53 Å². The quantitative estimate of drug-likeness (QED) is 0.894. The largest absolute Gasteiger partial charge is 0.494 e. The summed E-state index contributed by atoms with van der Waals surface area (Å²) >= 11 is 0. The van der Waals surface area contributed by atoms with Gasteiger partial charge in [-0.05, 0) is 56.8 Å². The third kappa shape index (κ3) is 3.51. The van der Waals surface area contributed by atoms with E-state index >= 15 is 0 Å². The normalized spacial score (nSPS) is 19.8. The number of primary amides is 1. The minimum Gasteiger partial charge on any atom is -0.494 e. The fourth-order valence-corrected chi connectivity index (χ4v) is 2.61. The van der Waals surface area contributed by atoms with Gasteiger partial charge in [-0.15, -0.1) is 0 Å². The summed E-state index contributed by atoms with van der Waals surface area (Å²) in [4.78, 5) is 13.7. The van der Waals surface area contributed by atoms with E-state index in [0.29, 0.717) is 6.61 Å². The second kappa shape index (κ2) is 6.75. The van der Waals surface area contributed by atoms with E-state index in [1.807, 2.05) is 13.8 Å². The molecule has 0 aromatic heterocycles. The molecule has 4 heteroatoms. The van der Waals surface area contributed by atoms with Crippen LogP contribution in [0.1, 0.15) is 30.9 Å². The molecular weight excluding hydrogens is 252 g/mol. The van der Waals surface area contributed by atoms with Gasteiger partial charge in [-0.3, -0.25) is 9.69 Å². The molecule has 1 aliphatic rings. The van der Waals surface area contributed by atoms with Crippen LogP contribution in [0.4, 0.5) is 0 Å². The first-order valence-electron chi connectivity index (χ1n) is 7.19. The number of nitrogens with two attached hydrogens (primary N) is 1. The van der Waals surface area contributed by atoms with Crippen LogP contribution in [0, 0.1) is 13.3 Å². The number of likely N-dealkylation sites (tertiary alicyclic amines) is 1. The molecule has 1 aromatic rings. The predicted octanol–water partition coefficient (Wildman–Crippen LogP) is 2.05. The van der Waals surface area contributed by atoms with Crippen LogP contribution in [0.25, 0.3) is 0 Å². The molecule has 1 aromatic carbocycles. The van der Waals surface area contributed by atoms with E-state index in [1.165, 1.54) is 0 Å². The number of nitrogens with zero attached hydrogens (tertiary/aromatic N) is 1. The molecule has 1 aliphatic heterocycles. The number of hydrogen-bond acceptors (Lipinski definition) is 3. The highest BCUT2D eigenvalue weighted by atomic mass is 16.5. The van der Waals surface area contributed by atoms with Crippen LogP contribution in [-0.2, 0) is 11.3 Å². The molecule has 0 bridgehead atoms. The van der Waals surface area contributed by atoms with Crippen molar-refractivity contribution in [2.75, 3.05) is 13.2 Å². The van der Waals surface area contributed by atoms with E-state index in [9.17, 15) is 4.79 Å². The Labute approximate surface area is 120 Å². The number of hydrogen-bond donors (Lipinski definition) is 1. The van der Waals surface area contributed by atoms with Crippen LogP contribution in [0.2, 0.25) is 0 Å². The fraction of sp³-hybridized carbons (Fsp3) is 0.500. The van der Waals surface area contributed by atoms with Gasteiger partial charge in [0.25, 0.3) is 0 Å². The second-order valence-electron chi connectivity index (χ2n) is 5.23. The summed E-state index contributed by atoms with van der Waals surface area (Å²) in [6.07, 6.45) is 3.90. The number of amides is 1. The van der Waals surface area contributed by atoms with Crippen LogP contribution in [0.3, 0.4) is 0 Å². The van der Waals surface area contributed by atoms with Gasteiger partial charge >= 0.3 is 0 Å². The number of rotatable bonds is 5. The molecule has 2 N–H and O–H groups in total. The monoisotopic (exact) mass is 275 g/mol. The molecule has 1 fully saturated rings. The van der Waals surface area contributed by atoms with Gasteiger partial charge in [0, 0.05) is 6.54 Å². The minimum atomic E-state index is -0.238. The molecule has 0 aliphatic carbocycles. The number of benzene rings is 1. The van der Waals surface area contributed by atoms with Crippen LogP contribution >= 0.6 is 0 Å². The van der Waals surface area contributed by atoms with Crippen molar-refractivity contribution in [2.45, 2.75) is 39.3 Å². The second-order valence-corrected chi connectivity index (χ2v) is 5.23. The van der Waals surface area contributed by atoms with E-state index in [0.717, 1.165) is 42.8 Å². The first-order chi connectivity index (χ1) is 9.61. The highest BCUT2D eigenvalue weighted by molar-refractivity contribution is 5.80. The summed E-state index contributed by atoms with van der Waals surface area (Å²) in [5.74, 6) is 0.683. The first-order valence-corrected chi connectivity index (χ1v) is 7.19. The van der Waals surface area contributed by atoms with Crippen molar-refractivity contribution in [1.82, 2.24) is 4.90 Å². The number of carbonyl (C=O) groups excluding carboxylic acids is 1. The summed E-state index contributed by atoms with van der Waals surface area (Å²) in [6.45, 7) is 6.30. The molecular formula is C16H23N2O2. The molecule has 20 heavy (non-hydrogen) atoms. The highest BCUT2D eigenvalue weighted by Gasteiger charge is 2.26. The first kappa shape index (κ1) is 14.9. The average Bonchev–Trinajstić information content (AvgIpc) is 2.43. The molecule has 109 valence electrons. The number of ether oxygens (including phenoxy) is 1.